The first-order chi connectivity index (χ1) is 7.26. The van der Waals surface area contributed by atoms with Crippen molar-refractivity contribution < 1.29 is 18.9 Å². The molecule has 0 aromatic heterocycles. The summed E-state index contributed by atoms with van der Waals surface area (Å²) in [6.45, 7) is 2.83. The molecule has 0 saturated carbocycles. The molecule has 0 amide bonds. The van der Waals surface area contributed by atoms with Crippen LogP contribution in [-0.2, 0) is 18.9 Å². The second kappa shape index (κ2) is 6.40. The predicted octanol–water partition coefficient (Wildman–Crippen LogP) is 0.000400. The van der Waals surface area contributed by atoms with Gasteiger partial charge in [-0.3, -0.25) is 0 Å². The molecule has 1 aliphatic heterocycles. The highest BCUT2D eigenvalue weighted by Crippen LogP contribution is 2.21. The molecule has 1 fully saturated rings. The van der Waals surface area contributed by atoms with E-state index >= 15 is 0 Å². The van der Waals surface area contributed by atoms with Crippen molar-refractivity contribution >= 4 is 0 Å². The summed E-state index contributed by atoms with van der Waals surface area (Å²) < 4.78 is 21.0. The second-order valence-corrected chi connectivity index (χ2v) is 3.72. The summed E-state index contributed by atoms with van der Waals surface area (Å²) in [6, 6.07) is 0. The molecule has 5 nitrogen and oxygen atoms in total. The first-order valence-electron chi connectivity index (χ1n) is 5.15. The Kier molecular flexibility index (Phi) is 5.49. The number of ether oxygens (including phenoxy) is 4. The maximum absolute atomic E-state index is 5.48. The largest absolute Gasteiger partial charge is 0.378 e. The summed E-state index contributed by atoms with van der Waals surface area (Å²) in [5.41, 5.74) is -0.175. The molecule has 0 spiro atoms. The normalized spacial score (nSPS) is 26.4. The number of hydrogen-bond acceptors (Lipinski definition) is 5. The Bertz CT molecular complexity index is 167. The van der Waals surface area contributed by atoms with Crippen molar-refractivity contribution in [3.05, 3.63) is 0 Å². The average molecular weight is 219 g/mol. The van der Waals surface area contributed by atoms with Crippen molar-refractivity contribution in [2.24, 2.45) is 0 Å². The molecule has 0 bridgehead atoms. The van der Waals surface area contributed by atoms with Crippen LogP contribution in [0, 0.1) is 0 Å². The maximum Gasteiger partial charge on any atom is 0.169 e. The molecule has 1 atom stereocenters. The third kappa shape index (κ3) is 3.70. The van der Waals surface area contributed by atoms with Gasteiger partial charge in [0.25, 0.3) is 0 Å². The molecule has 1 unspecified atom stereocenters. The zero-order valence-corrected chi connectivity index (χ0v) is 9.75. The van der Waals surface area contributed by atoms with Gasteiger partial charge in [0, 0.05) is 47.4 Å². The SMILES string of the molecule is COC(CNCC1(OC)CCOC1)OC. The maximum atomic E-state index is 5.48. The molecule has 0 radical (unpaired) electrons. The Balaban J connectivity index is 2.22. The fourth-order valence-corrected chi connectivity index (χ4v) is 1.64. The molecule has 0 aromatic carbocycles. The molecular formula is C10H21NO4. The van der Waals surface area contributed by atoms with Gasteiger partial charge in [0.1, 0.15) is 5.60 Å². The zero-order chi connectivity index (χ0) is 11.1. The van der Waals surface area contributed by atoms with Gasteiger partial charge >= 0.3 is 0 Å². The van der Waals surface area contributed by atoms with E-state index in [9.17, 15) is 0 Å². The number of nitrogens with one attached hydrogen (secondary N) is 1. The molecule has 90 valence electrons. The van der Waals surface area contributed by atoms with E-state index in [2.05, 4.69) is 5.32 Å². The van der Waals surface area contributed by atoms with E-state index in [4.69, 9.17) is 18.9 Å². The summed E-state index contributed by atoms with van der Waals surface area (Å²) >= 11 is 0. The van der Waals surface area contributed by atoms with E-state index in [1.165, 1.54) is 0 Å². The fraction of sp³-hybridized carbons (Fsp3) is 1.00. The van der Waals surface area contributed by atoms with Crippen molar-refractivity contribution in [1.29, 1.82) is 0 Å². The van der Waals surface area contributed by atoms with Crippen molar-refractivity contribution in [2.75, 3.05) is 47.6 Å². The Hall–Kier alpha value is -0.200. The predicted molar refractivity (Wildman–Crippen MR) is 55.9 cm³/mol. The summed E-state index contributed by atoms with van der Waals surface area (Å²) in [5, 5.41) is 3.27. The van der Waals surface area contributed by atoms with Crippen LogP contribution in [-0.4, -0.2) is 59.5 Å². The van der Waals surface area contributed by atoms with Gasteiger partial charge in [0.15, 0.2) is 6.29 Å². The average Bonchev–Trinajstić information content (AvgIpc) is 2.74. The number of methoxy groups -OCH3 is 3. The van der Waals surface area contributed by atoms with Crippen molar-refractivity contribution in [1.82, 2.24) is 5.32 Å². The Morgan fingerprint density at radius 3 is 2.53 bits per heavy atom. The van der Waals surface area contributed by atoms with E-state index in [0.717, 1.165) is 19.6 Å². The number of hydrogen-bond donors (Lipinski definition) is 1. The lowest BCUT2D eigenvalue weighted by Crippen LogP contribution is -2.45. The van der Waals surface area contributed by atoms with E-state index in [1.807, 2.05) is 0 Å². The van der Waals surface area contributed by atoms with Crippen LogP contribution in [0.4, 0.5) is 0 Å². The van der Waals surface area contributed by atoms with Gasteiger partial charge in [-0.1, -0.05) is 0 Å². The third-order valence-electron chi connectivity index (χ3n) is 2.78. The lowest BCUT2D eigenvalue weighted by Gasteiger charge is -2.26. The Morgan fingerprint density at radius 1 is 1.33 bits per heavy atom. The molecule has 0 aromatic rings. The van der Waals surface area contributed by atoms with Gasteiger partial charge in [-0.2, -0.15) is 0 Å². The van der Waals surface area contributed by atoms with Crippen LogP contribution < -0.4 is 5.32 Å². The van der Waals surface area contributed by atoms with Crippen LogP contribution in [0.1, 0.15) is 6.42 Å². The van der Waals surface area contributed by atoms with Gasteiger partial charge in [-0.05, 0) is 0 Å². The van der Waals surface area contributed by atoms with E-state index < -0.39 is 0 Å². The van der Waals surface area contributed by atoms with Crippen LogP contribution in [0.5, 0.6) is 0 Å². The minimum atomic E-state index is -0.207. The van der Waals surface area contributed by atoms with Crippen molar-refractivity contribution in [3.63, 3.8) is 0 Å². The Morgan fingerprint density at radius 2 is 2.07 bits per heavy atom. The quantitative estimate of drug-likeness (QED) is 0.611. The van der Waals surface area contributed by atoms with Crippen LogP contribution in [0.3, 0.4) is 0 Å². The summed E-state index contributed by atoms with van der Waals surface area (Å²) in [4.78, 5) is 0. The zero-order valence-electron chi connectivity index (χ0n) is 9.75. The summed E-state index contributed by atoms with van der Waals surface area (Å²) in [7, 11) is 4.97. The van der Waals surface area contributed by atoms with E-state index in [0.29, 0.717) is 13.2 Å². The smallest absolute Gasteiger partial charge is 0.169 e. The highest BCUT2D eigenvalue weighted by molar-refractivity contribution is 4.86. The van der Waals surface area contributed by atoms with Crippen LogP contribution >= 0.6 is 0 Å². The topological polar surface area (TPSA) is 49.0 Å². The van der Waals surface area contributed by atoms with E-state index in [-0.39, 0.29) is 11.9 Å². The van der Waals surface area contributed by atoms with Crippen molar-refractivity contribution in [3.8, 4) is 0 Å². The minimum absolute atomic E-state index is 0.175. The van der Waals surface area contributed by atoms with Gasteiger partial charge in [0.2, 0.25) is 0 Å². The second-order valence-electron chi connectivity index (χ2n) is 3.72. The van der Waals surface area contributed by atoms with E-state index in [1.54, 1.807) is 21.3 Å². The molecule has 1 heterocycles. The molecular weight excluding hydrogens is 198 g/mol. The van der Waals surface area contributed by atoms with Gasteiger partial charge < -0.3 is 24.3 Å². The molecule has 1 saturated heterocycles. The number of rotatable bonds is 7. The molecule has 1 aliphatic rings. The third-order valence-corrected chi connectivity index (χ3v) is 2.78. The molecule has 1 rings (SSSR count). The molecule has 5 heteroatoms. The lowest BCUT2D eigenvalue weighted by atomic mass is 10.0. The summed E-state index contributed by atoms with van der Waals surface area (Å²) in [5.74, 6) is 0. The summed E-state index contributed by atoms with van der Waals surface area (Å²) in [6.07, 6.45) is 0.724. The standard InChI is InChI=1S/C10H21NO4/c1-12-9(13-2)6-11-7-10(14-3)4-5-15-8-10/h9,11H,4-8H2,1-3H3. The van der Waals surface area contributed by atoms with Crippen LogP contribution in [0.25, 0.3) is 0 Å². The highest BCUT2D eigenvalue weighted by atomic mass is 16.7. The molecule has 15 heavy (non-hydrogen) atoms. The van der Waals surface area contributed by atoms with Crippen LogP contribution in [0.2, 0.25) is 0 Å². The fourth-order valence-electron chi connectivity index (χ4n) is 1.64. The monoisotopic (exact) mass is 219 g/mol. The van der Waals surface area contributed by atoms with Gasteiger partial charge in [-0.25, -0.2) is 0 Å². The van der Waals surface area contributed by atoms with Crippen LogP contribution in [0.15, 0.2) is 0 Å². The first-order valence-corrected chi connectivity index (χ1v) is 5.15. The van der Waals surface area contributed by atoms with Gasteiger partial charge in [-0.15, -0.1) is 0 Å². The Labute approximate surface area is 91.0 Å². The lowest BCUT2D eigenvalue weighted by molar-refractivity contribution is -0.102. The minimum Gasteiger partial charge on any atom is -0.378 e. The first kappa shape index (κ1) is 12.9. The van der Waals surface area contributed by atoms with Gasteiger partial charge in [0.05, 0.1) is 6.61 Å². The molecule has 1 N–H and O–H groups in total. The highest BCUT2D eigenvalue weighted by Gasteiger charge is 2.34. The van der Waals surface area contributed by atoms with Crippen molar-refractivity contribution in [2.45, 2.75) is 18.3 Å². The molecule has 0 aliphatic carbocycles.